The highest BCUT2D eigenvalue weighted by atomic mass is 28.3. The zero-order chi connectivity index (χ0) is 15.5. The summed E-state index contributed by atoms with van der Waals surface area (Å²) in [7, 11) is -1.18. The number of hydrogen-bond donors (Lipinski definition) is 0. The van der Waals surface area contributed by atoms with Crippen LogP contribution >= 0.6 is 0 Å². The molecule has 4 rings (SSSR count). The number of fused-ring (bicyclic) bond motifs is 5. The molecule has 0 saturated carbocycles. The number of nitrogens with zero attached hydrogens (tertiary/aromatic N) is 1. The van der Waals surface area contributed by atoms with E-state index >= 15 is 0 Å². The molecule has 1 heterocycles. The highest BCUT2D eigenvalue weighted by Crippen LogP contribution is 2.52. The molecule has 2 aromatic rings. The fourth-order valence-corrected chi connectivity index (χ4v) is 5.11. The predicted molar refractivity (Wildman–Crippen MR) is 98.1 cm³/mol. The van der Waals surface area contributed by atoms with Crippen LogP contribution in [0, 0.1) is 6.92 Å². The van der Waals surface area contributed by atoms with E-state index < -0.39 is 8.07 Å². The summed E-state index contributed by atoms with van der Waals surface area (Å²) in [5.41, 5.74) is 8.65. The molecular weight excluding hydrogens is 282 g/mol. The summed E-state index contributed by atoms with van der Waals surface area (Å²) in [5, 5.41) is 0. The van der Waals surface area contributed by atoms with Gasteiger partial charge in [-0.3, -0.25) is 0 Å². The average Bonchev–Trinajstić information content (AvgIpc) is 2.94. The van der Waals surface area contributed by atoms with Gasteiger partial charge >= 0.3 is 0 Å². The Morgan fingerprint density at radius 2 is 1.77 bits per heavy atom. The third kappa shape index (κ3) is 2.05. The van der Waals surface area contributed by atoms with Crippen LogP contribution in [0.4, 0.5) is 5.69 Å². The van der Waals surface area contributed by atoms with Crippen LogP contribution in [-0.2, 0) is 0 Å². The fraction of sp³-hybridized carbons (Fsp3) is 0.300. The normalized spacial score (nSPS) is 18.8. The fourth-order valence-electron chi connectivity index (χ4n) is 3.81. The summed E-state index contributed by atoms with van der Waals surface area (Å²) >= 11 is 0. The quantitative estimate of drug-likeness (QED) is 0.691. The van der Waals surface area contributed by atoms with Gasteiger partial charge in [-0.1, -0.05) is 61.6 Å². The van der Waals surface area contributed by atoms with Gasteiger partial charge in [-0.15, -0.1) is 0 Å². The Kier molecular flexibility index (Phi) is 2.89. The summed E-state index contributed by atoms with van der Waals surface area (Å²) in [6.07, 6.45) is 3.61. The minimum absolute atomic E-state index is 0.447. The zero-order valence-electron chi connectivity index (χ0n) is 13.9. The van der Waals surface area contributed by atoms with Crippen molar-refractivity contribution >= 4 is 19.8 Å². The molecule has 0 amide bonds. The van der Waals surface area contributed by atoms with E-state index in [2.05, 4.69) is 80.0 Å². The Morgan fingerprint density at radius 3 is 2.55 bits per heavy atom. The van der Waals surface area contributed by atoms with Crippen LogP contribution in [0.1, 0.15) is 28.2 Å². The van der Waals surface area contributed by atoms with E-state index in [0.717, 1.165) is 0 Å². The SMILES string of the molecule is Cc1ccc2c(c1)C1C(=Cc3ccccc31)N2C[Si](C)(C)C. The van der Waals surface area contributed by atoms with Crippen LogP contribution in [-0.4, -0.2) is 14.2 Å². The van der Waals surface area contributed by atoms with Crippen LogP contribution in [0.3, 0.4) is 0 Å². The third-order valence-electron chi connectivity index (χ3n) is 4.64. The standard InChI is InChI=1S/C20H23NSi/c1-14-9-10-18-17(11-14)20-16-8-6-5-7-15(16)12-19(20)21(18)13-22(2,3)4/h5-12,20H,13H2,1-4H3. The molecule has 1 unspecified atom stereocenters. The highest BCUT2D eigenvalue weighted by molar-refractivity contribution is 6.76. The van der Waals surface area contributed by atoms with E-state index in [4.69, 9.17) is 0 Å². The molecule has 0 bridgehead atoms. The Morgan fingerprint density at radius 1 is 1.00 bits per heavy atom. The van der Waals surface area contributed by atoms with Gasteiger partial charge in [0.2, 0.25) is 0 Å². The second-order valence-corrected chi connectivity index (χ2v) is 13.3. The zero-order valence-corrected chi connectivity index (χ0v) is 14.9. The van der Waals surface area contributed by atoms with Crippen molar-refractivity contribution in [2.75, 3.05) is 11.1 Å². The van der Waals surface area contributed by atoms with Gasteiger partial charge in [0.15, 0.2) is 0 Å². The molecule has 2 heteroatoms. The molecule has 2 aromatic carbocycles. The van der Waals surface area contributed by atoms with Gasteiger partial charge < -0.3 is 4.90 Å². The van der Waals surface area contributed by atoms with Gasteiger partial charge in [0.25, 0.3) is 0 Å². The van der Waals surface area contributed by atoms with Gasteiger partial charge in [-0.2, -0.15) is 0 Å². The molecule has 0 saturated heterocycles. The number of aryl methyl sites for hydroxylation is 1. The third-order valence-corrected chi connectivity index (χ3v) is 5.90. The lowest BCUT2D eigenvalue weighted by Crippen LogP contribution is -2.38. The van der Waals surface area contributed by atoms with Crippen LogP contribution in [0.25, 0.3) is 6.08 Å². The maximum absolute atomic E-state index is 2.60. The monoisotopic (exact) mass is 305 g/mol. The van der Waals surface area contributed by atoms with Gasteiger partial charge in [0.1, 0.15) is 0 Å². The molecule has 2 aliphatic rings. The molecule has 1 aliphatic heterocycles. The molecule has 1 nitrogen and oxygen atoms in total. The van der Waals surface area contributed by atoms with Crippen LogP contribution in [0.5, 0.6) is 0 Å². The van der Waals surface area contributed by atoms with E-state index in [0.29, 0.717) is 5.92 Å². The van der Waals surface area contributed by atoms with Crippen molar-refractivity contribution in [3.63, 3.8) is 0 Å². The molecule has 0 fully saturated rings. The van der Waals surface area contributed by atoms with E-state index in [1.807, 2.05) is 0 Å². The van der Waals surface area contributed by atoms with E-state index in [-0.39, 0.29) is 0 Å². The molecule has 112 valence electrons. The van der Waals surface area contributed by atoms with Gasteiger partial charge in [0, 0.05) is 17.6 Å². The summed E-state index contributed by atoms with van der Waals surface area (Å²) in [5.74, 6) is 0.447. The molecular formula is C20H23NSi. The summed E-state index contributed by atoms with van der Waals surface area (Å²) in [4.78, 5) is 2.60. The molecule has 1 atom stereocenters. The van der Waals surface area contributed by atoms with E-state index in [1.165, 1.54) is 39.8 Å². The molecule has 0 N–H and O–H groups in total. The van der Waals surface area contributed by atoms with Gasteiger partial charge in [0.05, 0.1) is 14.0 Å². The first-order valence-corrected chi connectivity index (χ1v) is 11.8. The van der Waals surface area contributed by atoms with Gasteiger partial charge in [-0.05, 0) is 35.8 Å². The largest absolute Gasteiger partial charge is 0.347 e. The van der Waals surface area contributed by atoms with Crippen molar-refractivity contribution < 1.29 is 0 Å². The number of hydrogen-bond acceptors (Lipinski definition) is 1. The summed E-state index contributed by atoms with van der Waals surface area (Å²) in [6.45, 7) is 9.57. The maximum atomic E-state index is 2.60. The number of benzene rings is 2. The predicted octanol–water partition coefficient (Wildman–Crippen LogP) is 5.18. The Balaban J connectivity index is 1.90. The maximum Gasteiger partial charge on any atom is 0.0671 e. The van der Waals surface area contributed by atoms with Crippen molar-refractivity contribution in [3.05, 3.63) is 70.4 Å². The number of anilines is 1. The smallest absolute Gasteiger partial charge is 0.0671 e. The second-order valence-electron chi connectivity index (χ2n) is 7.84. The van der Waals surface area contributed by atoms with Crippen LogP contribution in [0.2, 0.25) is 19.6 Å². The molecule has 1 aliphatic carbocycles. The van der Waals surface area contributed by atoms with E-state index in [9.17, 15) is 0 Å². The van der Waals surface area contributed by atoms with Crippen molar-refractivity contribution in [1.29, 1.82) is 0 Å². The van der Waals surface area contributed by atoms with Crippen LogP contribution in [0.15, 0.2) is 48.2 Å². The lowest BCUT2D eigenvalue weighted by molar-refractivity contribution is 0.969. The lowest BCUT2D eigenvalue weighted by Gasteiger charge is -2.28. The number of allylic oxidation sites excluding steroid dienone is 1. The first-order chi connectivity index (χ1) is 10.4. The minimum atomic E-state index is -1.18. The first-order valence-electron chi connectivity index (χ1n) is 8.13. The van der Waals surface area contributed by atoms with Crippen molar-refractivity contribution in [1.82, 2.24) is 0 Å². The Bertz CT molecular complexity index is 783. The second kappa shape index (κ2) is 4.59. The molecule has 0 aromatic heterocycles. The van der Waals surface area contributed by atoms with Crippen molar-refractivity contribution in [3.8, 4) is 0 Å². The minimum Gasteiger partial charge on any atom is -0.347 e. The van der Waals surface area contributed by atoms with Crippen molar-refractivity contribution in [2.24, 2.45) is 0 Å². The molecule has 22 heavy (non-hydrogen) atoms. The van der Waals surface area contributed by atoms with E-state index in [1.54, 1.807) is 0 Å². The lowest BCUT2D eigenvalue weighted by atomic mass is 9.92. The summed E-state index contributed by atoms with van der Waals surface area (Å²) in [6, 6.07) is 15.8. The Hall–Kier alpha value is -1.80. The van der Waals surface area contributed by atoms with Crippen molar-refractivity contribution in [2.45, 2.75) is 32.5 Å². The molecule has 0 radical (unpaired) electrons. The number of rotatable bonds is 2. The Labute approximate surface area is 134 Å². The van der Waals surface area contributed by atoms with Crippen LogP contribution < -0.4 is 4.90 Å². The summed E-state index contributed by atoms with van der Waals surface area (Å²) < 4.78 is 0. The molecule has 0 spiro atoms. The first kappa shape index (κ1) is 13.8. The average molecular weight is 305 g/mol. The topological polar surface area (TPSA) is 3.24 Å². The highest BCUT2D eigenvalue weighted by Gasteiger charge is 2.40. The van der Waals surface area contributed by atoms with Gasteiger partial charge in [-0.25, -0.2) is 0 Å².